The van der Waals surface area contributed by atoms with E-state index < -0.39 is 5.97 Å². The minimum atomic E-state index is -1.08. The largest absolute Gasteiger partial charge is 0.476 e. The molecule has 6 heteroatoms. The molecule has 0 saturated heterocycles. The van der Waals surface area contributed by atoms with Crippen LogP contribution < -0.4 is 0 Å². The Morgan fingerprint density at radius 2 is 1.94 bits per heavy atom. The summed E-state index contributed by atoms with van der Waals surface area (Å²) in [6, 6.07) is 0.0724. The van der Waals surface area contributed by atoms with E-state index in [2.05, 4.69) is 10.3 Å². The fourth-order valence-corrected chi connectivity index (χ4v) is 1.53. The summed E-state index contributed by atoms with van der Waals surface area (Å²) in [5.41, 5.74) is 0.480. The van der Waals surface area contributed by atoms with Crippen LogP contribution in [0.4, 0.5) is 0 Å². The van der Waals surface area contributed by atoms with Crippen molar-refractivity contribution in [2.45, 2.75) is 39.8 Å². The molecule has 0 amide bonds. The lowest BCUT2D eigenvalue weighted by Gasteiger charge is -2.20. The molecule has 0 aliphatic rings. The van der Waals surface area contributed by atoms with Gasteiger partial charge in [0.2, 0.25) is 0 Å². The Kier molecular flexibility index (Phi) is 4.22. The summed E-state index contributed by atoms with van der Waals surface area (Å²) in [6.45, 7) is 7.87. The van der Waals surface area contributed by atoms with Gasteiger partial charge in [-0.3, -0.25) is 0 Å². The number of carboxylic acids is 1. The molecule has 0 aromatic carbocycles. The molecule has 17 heavy (non-hydrogen) atoms. The molecule has 6 nitrogen and oxygen atoms in total. The first kappa shape index (κ1) is 13.6. The van der Waals surface area contributed by atoms with E-state index in [0.29, 0.717) is 11.6 Å². The lowest BCUT2D eigenvalue weighted by atomic mass is 10.1. The minimum Gasteiger partial charge on any atom is -0.476 e. The number of nitrogens with zero attached hydrogens (tertiary/aromatic N) is 3. The molecule has 0 aliphatic heterocycles. The van der Waals surface area contributed by atoms with Crippen LogP contribution in [0.2, 0.25) is 0 Å². The number of ether oxygens (including phenoxy) is 1. The topological polar surface area (TPSA) is 77.2 Å². The summed E-state index contributed by atoms with van der Waals surface area (Å²) in [5, 5.41) is 16.7. The molecule has 0 bridgehead atoms. The summed E-state index contributed by atoms with van der Waals surface area (Å²) in [5.74, 6) is -0.743. The highest BCUT2D eigenvalue weighted by atomic mass is 16.5. The van der Waals surface area contributed by atoms with Gasteiger partial charge in [-0.2, -0.15) is 0 Å². The molecule has 2 unspecified atom stereocenters. The van der Waals surface area contributed by atoms with Crippen molar-refractivity contribution in [3.63, 3.8) is 0 Å². The molecule has 0 fully saturated rings. The second-order valence-corrected chi connectivity index (χ2v) is 4.44. The van der Waals surface area contributed by atoms with E-state index >= 15 is 0 Å². The standard InChI is InChI=1S/C11H19N3O3/c1-6(2)7(3)14-10(8(4)17-5)9(11(15)16)12-13-14/h6-8H,1-5H3,(H,15,16). The number of hydrogen-bond acceptors (Lipinski definition) is 4. The second kappa shape index (κ2) is 5.27. The Labute approximate surface area is 101 Å². The number of aromatic nitrogens is 3. The SMILES string of the molecule is COC(C)c1c(C(=O)O)nnn1C(C)C(C)C. The van der Waals surface area contributed by atoms with Crippen molar-refractivity contribution in [1.82, 2.24) is 15.0 Å². The van der Waals surface area contributed by atoms with Crippen LogP contribution in [0.5, 0.6) is 0 Å². The van der Waals surface area contributed by atoms with Gasteiger partial charge in [0.05, 0.1) is 12.1 Å². The number of methoxy groups -OCH3 is 1. The maximum atomic E-state index is 11.1. The van der Waals surface area contributed by atoms with Crippen LogP contribution in [0.3, 0.4) is 0 Å². The van der Waals surface area contributed by atoms with Crippen molar-refractivity contribution in [2.75, 3.05) is 7.11 Å². The summed E-state index contributed by atoms with van der Waals surface area (Å²) in [6.07, 6.45) is -0.350. The van der Waals surface area contributed by atoms with Gasteiger partial charge < -0.3 is 9.84 Å². The molecular formula is C11H19N3O3. The maximum absolute atomic E-state index is 11.1. The van der Waals surface area contributed by atoms with Gasteiger partial charge in [0.25, 0.3) is 0 Å². The Morgan fingerprint density at radius 3 is 2.35 bits per heavy atom. The smallest absolute Gasteiger partial charge is 0.358 e. The number of carboxylic acid groups (broad SMARTS) is 1. The van der Waals surface area contributed by atoms with Crippen molar-refractivity contribution in [1.29, 1.82) is 0 Å². The van der Waals surface area contributed by atoms with Crippen LogP contribution in [-0.2, 0) is 4.74 Å². The van der Waals surface area contributed by atoms with Crippen molar-refractivity contribution in [3.05, 3.63) is 11.4 Å². The number of rotatable bonds is 5. The zero-order chi connectivity index (χ0) is 13.2. The van der Waals surface area contributed by atoms with E-state index in [1.807, 2.05) is 20.8 Å². The van der Waals surface area contributed by atoms with Crippen molar-refractivity contribution in [3.8, 4) is 0 Å². The third-order valence-electron chi connectivity index (χ3n) is 3.02. The lowest BCUT2D eigenvalue weighted by Crippen LogP contribution is -2.19. The van der Waals surface area contributed by atoms with Gasteiger partial charge in [-0.05, 0) is 19.8 Å². The van der Waals surface area contributed by atoms with E-state index in [1.165, 1.54) is 7.11 Å². The zero-order valence-corrected chi connectivity index (χ0v) is 10.8. The maximum Gasteiger partial charge on any atom is 0.358 e. The van der Waals surface area contributed by atoms with Gasteiger partial charge in [0.1, 0.15) is 5.69 Å². The fraction of sp³-hybridized carbons (Fsp3) is 0.727. The van der Waals surface area contributed by atoms with Crippen LogP contribution in [0.25, 0.3) is 0 Å². The third-order valence-corrected chi connectivity index (χ3v) is 3.02. The highest BCUT2D eigenvalue weighted by Gasteiger charge is 2.26. The quantitative estimate of drug-likeness (QED) is 0.851. The molecule has 1 aromatic heterocycles. The summed E-state index contributed by atoms with van der Waals surface area (Å²) in [7, 11) is 1.54. The average Bonchev–Trinajstić information content (AvgIpc) is 2.71. The monoisotopic (exact) mass is 241 g/mol. The number of carbonyl (C=O) groups is 1. The minimum absolute atomic E-state index is 0.0353. The molecule has 0 aliphatic carbocycles. The van der Waals surface area contributed by atoms with Crippen LogP contribution in [0.15, 0.2) is 0 Å². The van der Waals surface area contributed by atoms with Crippen LogP contribution in [0.1, 0.15) is 56.0 Å². The Hall–Kier alpha value is -1.43. The summed E-state index contributed by atoms with van der Waals surface area (Å²) in [4.78, 5) is 11.1. The van der Waals surface area contributed by atoms with Gasteiger partial charge in [-0.15, -0.1) is 5.10 Å². The highest BCUT2D eigenvalue weighted by molar-refractivity contribution is 5.86. The number of aromatic carboxylic acids is 1. The van der Waals surface area contributed by atoms with Crippen LogP contribution >= 0.6 is 0 Å². The molecule has 1 rings (SSSR count). The van der Waals surface area contributed by atoms with Crippen molar-refractivity contribution < 1.29 is 14.6 Å². The Morgan fingerprint density at radius 1 is 1.35 bits per heavy atom. The fourth-order valence-electron chi connectivity index (χ4n) is 1.53. The lowest BCUT2D eigenvalue weighted by molar-refractivity contribution is 0.0672. The molecule has 96 valence electrons. The van der Waals surface area contributed by atoms with Gasteiger partial charge in [0.15, 0.2) is 5.69 Å². The van der Waals surface area contributed by atoms with E-state index in [9.17, 15) is 4.79 Å². The van der Waals surface area contributed by atoms with Crippen LogP contribution in [-0.4, -0.2) is 33.2 Å². The molecule has 0 radical (unpaired) electrons. The number of hydrogen-bond donors (Lipinski definition) is 1. The normalized spacial score (nSPS) is 14.9. The third kappa shape index (κ3) is 2.63. The van der Waals surface area contributed by atoms with Gasteiger partial charge in [0, 0.05) is 7.11 Å². The predicted octanol–water partition coefficient (Wildman–Crippen LogP) is 1.90. The Balaban J connectivity index is 3.27. The predicted molar refractivity (Wildman–Crippen MR) is 62.0 cm³/mol. The second-order valence-electron chi connectivity index (χ2n) is 4.44. The summed E-state index contributed by atoms with van der Waals surface area (Å²) < 4.78 is 6.83. The van der Waals surface area contributed by atoms with E-state index in [-0.39, 0.29) is 17.8 Å². The molecule has 1 N–H and O–H groups in total. The molecule has 2 atom stereocenters. The molecule has 0 spiro atoms. The van der Waals surface area contributed by atoms with E-state index in [0.717, 1.165) is 0 Å². The van der Waals surface area contributed by atoms with E-state index in [1.54, 1.807) is 11.6 Å². The van der Waals surface area contributed by atoms with E-state index in [4.69, 9.17) is 9.84 Å². The summed E-state index contributed by atoms with van der Waals surface area (Å²) >= 11 is 0. The Bertz CT molecular complexity index is 401. The van der Waals surface area contributed by atoms with Gasteiger partial charge in [-0.1, -0.05) is 19.1 Å². The molecule has 0 saturated carbocycles. The zero-order valence-electron chi connectivity index (χ0n) is 10.8. The average molecular weight is 241 g/mol. The molecule has 1 heterocycles. The first-order valence-corrected chi connectivity index (χ1v) is 5.61. The molecular weight excluding hydrogens is 222 g/mol. The highest BCUT2D eigenvalue weighted by Crippen LogP contribution is 2.25. The van der Waals surface area contributed by atoms with Crippen LogP contribution in [0, 0.1) is 5.92 Å². The van der Waals surface area contributed by atoms with Crippen molar-refractivity contribution >= 4 is 5.97 Å². The first-order valence-electron chi connectivity index (χ1n) is 5.61. The first-order chi connectivity index (χ1) is 7.90. The van der Waals surface area contributed by atoms with Gasteiger partial charge >= 0.3 is 5.97 Å². The van der Waals surface area contributed by atoms with Crippen molar-refractivity contribution in [2.24, 2.45) is 5.92 Å². The van der Waals surface area contributed by atoms with Gasteiger partial charge in [-0.25, -0.2) is 9.48 Å². The molecule has 1 aromatic rings.